The molecule has 0 unspecified atom stereocenters. The van der Waals surface area contributed by atoms with Gasteiger partial charge in [0.15, 0.2) is 0 Å². The fourth-order valence-electron chi connectivity index (χ4n) is 1.94. The first-order valence-corrected chi connectivity index (χ1v) is 5.69. The molecule has 0 saturated carbocycles. The summed E-state index contributed by atoms with van der Waals surface area (Å²) >= 11 is 0. The molecule has 0 bridgehead atoms. The van der Waals surface area contributed by atoms with Crippen molar-refractivity contribution in [2.45, 2.75) is 19.9 Å². The predicted octanol–water partition coefficient (Wildman–Crippen LogP) is 2.11. The number of nitrogens with two attached hydrogens (primary N) is 1. The zero-order valence-corrected chi connectivity index (χ0v) is 10.2. The van der Waals surface area contributed by atoms with Gasteiger partial charge in [0.2, 0.25) is 0 Å². The van der Waals surface area contributed by atoms with E-state index in [1.54, 1.807) is 7.11 Å². The lowest BCUT2D eigenvalue weighted by molar-refractivity contribution is 0.410. The van der Waals surface area contributed by atoms with E-state index in [-0.39, 0.29) is 0 Å². The Balaban J connectivity index is 2.46. The number of aromatic nitrogens is 2. The average molecular weight is 231 g/mol. The number of ether oxygens (including phenoxy) is 1. The molecule has 1 heterocycles. The minimum absolute atomic E-state index is 0.461. The predicted molar refractivity (Wildman–Crippen MR) is 67.8 cm³/mol. The molecular formula is C13H17N3O. The highest BCUT2D eigenvalue weighted by atomic mass is 16.5. The highest BCUT2D eigenvalue weighted by Gasteiger charge is 2.09. The maximum Gasteiger partial charge on any atom is 0.122 e. The van der Waals surface area contributed by atoms with Crippen molar-refractivity contribution in [1.29, 1.82) is 0 Å². The van der Waals surface area contributed by atoms with Crippen molar-refractivity contribution in [3.8, 4) is 16.9 Å². The summed E-state index contributed by atoms with van der Waals surface area (Å²) in [5, 5.41) is 6.94. The fourth-order valence-corrected chi connectivity index (χ4v) is 1.94. The summed E-state index contributed by atoms with van der Waals surface area (Å²) < 4.78 is 5.32. The van der Waals surface area contributed by atoms with E-state index < -0.39 is 0 Å². The van der Waals surface area contributed by atoms with Crippen LogP contribution in [0.2, 0.25) is 0 Å². The Morgan fingerprint density at radius 2 is 2.24 bits per heavy atom. The largest absolute Gasteiger partial charge is 0.496 e. The van der Waals surface area contributed by atoms with Gasteiger partial charge in [-0.3, -0.25) is 5.10 Å². The highest BCUT2D eigenvalue weighted by Crippen LogP contribution is 2.28. The summed E-state index contributed by atoms with van der Waals surface area (Å²) in [7, 11) is 1.69. The van der Waals surface area contributed by atoms with Gasteiger partial charge >= 0.3 is 0 Å². The van der Waals surface area contributed by atoms with Gasteiger partial charge in [0.05, 0.1) is 19.0 Å². The molecule has 0 saturated heterocycles. The summed E-state index contributed by atoms with van der Waals surface area (Å²) in [5.74, 6) is 0.925. The Morgan fingerprint density at radius 1 is 1.41 bits per heavy atom. The van der Waals surface area contributed by atoms with Gasteiger partial charge in [0.1, 0.15) is 5.75 Å². The summed E-state index contributed by atoms with van der Waals surface area (Å²) in [5.41, 5.74) is 9.99. The molecule has 0 spiro atoms. The van der Waals surface area contributed by atoms with Crippen LogP contribution >= 0.6 is 0 Å². The van der Waals surface area contributed by atoms with Crippen LogP contribution < -0.4 is 10.5 Å². The molecule has 0 aliphatic heterocycles. The van der Waals surface area contributed by atoms with Crippen LogP contribution in [-0.2, 0) is 13.0 Å². The van der Waals surface area contributed by atoms with Gasteiger partial charge < -0.3 is 10.5 Å². The molecule has 90 valence electrons. The van der Waals surface area contributed by atoms with Gasteiger partial charge in [-0.15, -0.1) is 0 Å². The molecule has 0 fully saturated rings. The lowest BCUT2D eigenvalue weighted by atomic mass is 10.0. The molecule has 1 aromatic carbocycles. The number of benzene rings is 1. The summed E-state index contributed by atoms with van der Waals surface area (Å²) in [4.78, 5) is 0. The molecule has 0 aliphatic carbocycles. The number of rotatable bonds is 4. The number of aryl methyl sites for hydroxylation is 1. The Morgan fingerprint density at radius 3 is 2.88 bits per heavy atom. The van der Waals surface area contributed by atoms with E-state index in [1.165, 1.54) is 5.56 Å². The quantitative estimate of drug-likeness (QED) is 0.847. The summed E-state index contributed by atoms with van der Waals surface area (Å²) in [6, 6.07) is 6.15. The van der Waals surface area contributed by atoms with E-state index in [9.17, 15) is 0 Å². The molecule has 1 aromatic heterocycles. The number of methoxy groups -OCH3 is 1. The van der Waals surface area contributed by atoms with Crippen LogP contribution in [0.15, 0.2) is 24.4 Å². The number of hydrogen-bond donors (Lipinski definition) is 2. The first-order valence-electron chi connectivity index (χ1n) is 5.69. The van der Waals surface area contributed by atoms with Gasteiger partial charge in [0.25, 0.3) is 0 Å². The van der Waals surface area contributed by atoms with Crippen LogP contribution in [0.4, 0.5) is 0 Å². The highest BCUT2D eigenvalue weighted by molar-refractivity contribution is 5.67. The van der Waals surface area contributed by atoms with Crippen molar-refractivity contribution in [3.63, 3.8) is 0 Å². The zero-order valence-electron chi connectivity index (χ0n) is 10.2. The van der Waals surface area contributed by atoms with Crippen LogP contribution in [0.3, 0.4) is 0 Å². The monoisotopic (exact) mass is 231 g/mol. The van der Waals surface area contributed by atoms with E-state index in [0.29, 0.717) is 6.54 Å². The lowest BCUT2D eigenvalue weighted by Gasteiger charge is -2.09. The first-order chi connectivity index (χ1) is 8.30. The fraction of sp³-hybridized carbons (Fsp3) is 0.308. The van der Waals surface area contributed by atoms with Crippen molar-refractivity contribution in [3.05, 3.63) is 35.7 Å². The van der Waals surface area contributed by atoms with Crippen LogP contribution in [-0.4, -0.2) is 17.3 Å². The molecule has 17 heavy (non-hydrogen) atoms. The minimum atomic E-state index is 0.461. The molecule has 4 heteroatoms. The van der Waals surface area contributed by atoms with Crippen molar-refractivity contribution in [2.75, 3.05) is 7.11 Å². The Hall–Kier alpha value is -1.81. The first kappa shape index (κ1) is 11.7. The molecule has 3 N–H and O–H groups in total. The second-order valence-electron chi connectivity index (χ2n) is 3.85. The SMILES string of the molecule is CCc1cc(-c2cn[nH]c2CN)ccc1OC. The smallest absolute Gasteiger partial charge is 0.122 e. The van der Waals surface area contributed by atoms with Crippen LogP contribution in [0.1, 0.15) is 18.2 Å². The second kappa shape index (κ2) is 5.01. The molecule has 0 amide bonds. The summed E-state index contributed by atoms with van der Waals surface area (Å²) in [6.07, 6.45) is 2.75. The molecule has 2 aromatic rings. The Bertz CT molecular complexity index is 505. The number of aromatic amines is 1. The van der Waals surface area contributed by atoms with E-state index in [2.05, 4.69) is 23.2 Å². The van der Waals surface area contributed by atoms with Gasteiger partial charge in [-0.1, -0.05) is 13.0 Å². The Labute approximate surface area is 101 Å². The van der Waals surface area contributed by atoms with Gasteiger partial charge in [0, 0.05) is 12.1 Å². The number of nitrogens with zero attached hydrogens (tertiary/aromatic N) is 1. The standard InChI is InChI=1S/C13H17N3O/c1-3-9-6-10(4-5-13(9)17-2)11-8-15-16-12(11)7-14/h4-6,8H,3,7,14H2,1-2H3,(H,15,16). The van der Waals surface area contributed by atoms with Gasteiger partial charge in [-0.05, 0) is 29.7 Å². The molecule has 0 radical (unpaired) electrons. The molecule has 0 atom stereocenters. The topological polar surface area (TPSA) is 63.9 Å². The van der Waals surface area contributed by atoms with E-state index in [0.717, 1.165) is 29.0 Å². The van der Waals surface area contributed by atoms with E-state index in [1.807, 2.05) is 18.3 Å². The van der Waals surface area contributed by atoms with Crippen LogP contribution in [0, 0.1) is 0 Å². The minimum Gasteiger partial charge on any atom is -0.496 e. The van der Waals surface area contributed by atoms with Crippen molar-refractivity contribution in [1.82, 2.24) is 10.2 Å². The molecule has 0 aliphatic rings. The lowest BCUT2D eigenvalue weighted by Crippen LogP contribution is -1.99. The number of H-pyrrole nitrogens is 1. The third kappa shape index (κ3) is 2.17. The maximum absolute atomic E-state index is 5.66. The van der Waals surface area contributed by atoms with Crippen LogP contribution in [0.25, 0.3) is 11.1 Å². The van der Waals surface area contributed by atoms with Crippen molar-refractivity contribution in [2.24, 2.45) is 5.73 Å². The Kier molecular flexibility index (Phi) is 3.44. The molecule has 4 nitrogen and oxygen atoms in total. The maximum atomic E-state index is 5.66. The normalized spacial score (nSPS) is 10.5. The molecule has 2 rings (SSSR count). The number of hydrogen-bond acceptors (Lipinski definition) is 3. The molecular weight excluding hydrogens is 214 g/mol. The van der Waals surface area contributed by atoms with Crippen LogP contribution in [0.5, 0.6) is 5.75 Å². The third-order valence-electron chi connectivity index (χ3n) is 2.89. The number of nitrogens with one attached hydrogen (secondary N) is 1. The van der Waals surface area contributed by atoms with E-state index in [4.69, 9.17) is 10.5 Å². The van der Waals surface area contributed by atoms with Crippen molar-refractivity contribution >= 4 is 0 Å². The van der Waals surface area contributed by atoms with Crippen molar-refractivity contribution < 1.29 is 4.74 Å². The van der Waals surface area contributed by atoms with Gasteiger partial charge in [-0.2, -0.15) is 5.10 Å². The third-order valence-corrected chi connectivity index (χ3v) is 2.89. The average Bonchev–Trinajstić information content (AvgIpc) is 2.86. The van der Waals surface area contributed by atoms with Gasteiger partial charge in [-0.25, -0.2) is 0 Å². The van der Waals surface area contributed by atoms with E-state index >= 15 is 0 Å². The zero-order chi connectivity index (χ0) is 12.3. The summed E-state index contributed by atoms with van der Waals surface area (Å²) in [6.45, 7) is 2.57. The second-order valence-corrected chi connectivity index (χ2v) is 3.85.